The molecule has 0 fully saturated rings. The summed E-state index contributed by atoms with van der Waals surface area (Å²) >= 11 is 0. The molecule has 0 saturated carbocycles. The van der Waals surface area contributed by atoms with Crippen molar-refractivity contribution < 1.29 is 19.2 Å². The van der Waals surface area contributed by atoms with Gasteiger partial charge in [0.1, 0.15) is 0 Å². The normalized spacial score (nSPS) is 11.7. The van der Waals surface area contributed by atoms with Gasteiger partial charge in [0.05, 0.1) is 0 Å². The van der Waals surface area contributed by atoms with E-state index < -0.39 is 7.82 Å². The smallest absolute Gasteiger partial charge is 0.303 e. The van der Waals surface area contributed by atoms with Gasteiger partial charge in [0.2, 0.25) is 0 Å². The van der Waals surface area contributed by atoms with Crippen molar-refractivity contribution in [2.24, 2.45) is 0 Å². The van der Waals surface area contributed by atoms with Crippen LogP contribution < -0.4 is 0 Å². The van der Waals surface area contributed by atoms with E-state index in [4.69, 9.17) is 19.2 Å². The maximum atomic E-state index is 8.88. The molecular formula is C36H78NO4P. The quantitative estimate of drug-likeness (QED) is 0.0503. The molecule has 0 radical (unpaired) electrons. The van der Waals surface area contributed by atoms with E-state index in [-0.39, 0.29) is 0 Å². The predicted octanol–water partition coefficient (Wildman–Crippen LogP) is 12.1. The molecule has 256 valence electrons. The van der Waals surface area contributed by atoms with Gasteiger partial charge in [-0.3, -0.25) is 0 Å². The number of phosphoric acid groups is 1. The Kier molecular flexibility index (Phi) is 39.2. The van der Waals surface area contributed by atoms with Crippen LogP contribution in [0, 0.1) is 0 Å². The summed E-state index contributed by atoms with van der Waals surface area (Å²) in [4.78, 5) is 24.4. The molecule has 0 rings (SSSR count). The molecule has 0 aromatic carbocycles. The average molecular weight is 620 g/mol. The number of hydrogen-bond donors (Lipinski definition) is 3. The van der Waals surface area contributed by atoms with E-state index in [9.17, 15) is 0 Å². The lowest BCUT2D eigenvalue weighted by Crippen LogP contribution is -2.27. The van der Waals surface area contributed by atoms with E-state index in [1.807, 2.05) is 0 Å². The van der Waals surface area contributed by atoms with Crippen molar-refractivity contribution >= 4 is 7.82 Å². The molecule has 0 aliphatic rings. The molecule has 0 aromatic rings. The highest BCUT2D eigenvalue weighted by Crippen LogP contribution is 2.25. The fourth-order valence-electron chi connectivity index (χ4n) is 5.80. The topological polar surface area (TPSA) is 81.0 Å². The first-order chi connectivity index (χ1) is 20.3. The van der Waals surface area contributed by atoms with Crippen molar-refractivity contribution in [3.63, 3.8) is 0 Å². The molecule has 0 aliphatic heterocycles. The van der Waals surface area contributed by atoms with Gasteiger partial charge in [0.15, 0.2) is 0 Å². The van der Waals surface area contributed by atoms with Crippen LogP contribution in [0.25, 0.3) is 0 Å². The number of rotatable bonds is 33. The lowest BCUT2D eigenvalue weighted by atomic mass is 10.1. The van der Waals surface area contributed by atoms with E-state index >= 15 is 0 Å². The van der Waals surface area contributed by atoms with Crippen molar-refractivity contribution in [2.75, 3.05) is 19.6 Å². The Morgan fingerprint density at radius 3 is 0.643 bits per heavy atom. The minimum Gasteiger partial charge on any atom is -0.303 e. The van der Waals surface area contributed by atoms with Crippen molar-refractivity contribution in [1.29, 1.82) is 0 Å². The van der Waals surface area contributed by atoms with E-state index in [1.54, 1.807) is 0 Å². The molecule has 0 aromatic heterocycles. The molecule has 0 unspecified atom stereocenters. The third-order valence-electron chi connectivity index (χ3n) is 8.48. The van der Waals surface area contributed by atoms with E-state index in [1.165, 1.54) is 212 Å². The molecule has 0 aliphatic carbocycles. The van der Waals surface area contributed by atoms with Crippen LogP contribution in [-0.2, 0) is 4.57 Å². The number of unbranched alkanes of at least 4 members (excludes halogenated alkanes) is 27. The van der Waals surface area contributed by atoms with Gasteiger partial charge in [-0.15, -0.1) is 0 Å². The zero-order valence-corrected chi connectivity index (χ0v) is 29.9. The maximum absolute atomic E-state index is 8.88. The largest absolute Gasteiger partial charge is 0.466 e. The van der Waals surface area contributed by atoms with Gasteiger partial charge in [-0.05, 0) is 38.9 Å². The summed E-state index contributed by atoms with van der Waals surface area (Å²) in [5, 5.41) is 0. The molecule has 0 saturated heterocycles. The van der Waals surface area contributed by atoms with Crippen molar-refractivity contribution in [3.8, 4) is 0 Å². The minimum atomic E-state index is -4.64. The zero-order valence-electron chi connectivity index (χ0n) is 29.0. The highest BCUT2D eigenvalue weighted by Gasteiger charge is 2.05. The Labute approximate surface area is 264 Å². The highest BCUT2D eigenvalue weighted by molar-refractivity contribution is 7.45. The van der Waals surface area contributed by atoms with Crippen molar-refractivity contribution in [1.82, 2.24) is 4.90 Å². The summed E-state index contributed by atoms with van der Waals surface area (Å²) in [6, 6.07) is 0. The van der Waals surface area contributed by atoms with Crippen LogP contribution in [0.4, 0.5) is 0 Å². The molecule has 42 heavy (non-hydrogen) atoms. The summed E-state index contributed by atoms with van der Waals surface area (Å²) < 4.78 is 8.88. The molecule has 6 heteroatoms. The van der Waals surface area contributed by atoms with Gasteiger partial charge < -0.3 is 19.6 Å². The maximum Gasteiger partial charge on any atom is 0.466 e. The monoisotopic (exact) mass is 620 g/mol. The Balaban J connectivity index is 0. The van der Waals surface area contributed by atoms with Crippen LogP contribution in [0.2, 0.25) is 0 Å². The van der Waals surface area contributed by atoms with Gasteiger partial charge in [-0.1, -0.05) is 194 Å². The molecule has 0 heterocycles. The lowest BCUT2D eigenvalue weighted by molar-refractivity contribution is 0.254. The minimum absolute atomic E-state index is 1.37. The standard InChI is InChI=1S/C36H75N.H3O4P/c1-4-7-10-13-16-19-22-25-28-31-34-37(35-32-29-26-23-20-17-14-11-8-5-2)36-33-30-27-24-21-18-15-12-9-6-3;1-5(2,3)4/h4-36H2,1-3H3;(H3,1,2,3,4). The second kappa shape index (κ2) is 37.3. The molecule has 5 nitrogen and oxygen atoms in total. The lowest BCUT2D eigenvalue weighted by Gasteiger charge is -2.22. The molecule has 0 bridgehead atoms. The van der Waals surface area contributed by atoms with Crippen LogP contribution in [0.5, 0.6) is 0 Å². The third-order valence-corrected chi connectivity index (χ3v) is 8.48. The first kappa shape index (κ1) is 44.2. The van der Waals surface area contributed by atoms with E-state index in [0.29, 0.717) is 0 Å². The third kappa shape index (κ3) is 47.0. The van der Waals surface area contributed by atoms with Gasteiger partial charge in [0.25, 0.3) is 0 Å². The molecule has 0 atom stereocenters. The molecule has 3 N–H and O–H groups in total. The summed E-state index contributed by atoms with van der Waals surface area (Å²) in [5.74, 6) is 0. The number of nitrogens with zero attached hydrogens (tertiary/aromatic N) is 1. The fourth-order valence-corrected chi connectivity index (χ4v) is 5.80. The Hall–Kier alpha value is 0.0700. The second-order valence-corrected chi connectivity index (χ2v) is 13.9. The second-order valence-electron chi connectivity index (χ2n) is 12.9. The first-order valence-corrected chi connectivity index (χ1v) is 20.4. The SMILES string of the molecule is CCCCCCCCCCCCN(CCCCCCCCCCCC)CCCCCCCCCCCC.O=P(O)(O)O. The first-order valence-electron chi connectivity index (χ1n) is 18.9. The summed E-state index contributed by atoms with van der Waals surface area (Å²) in [5.41, 5.74) is 0. The van der Waals surface area contributed by atoms with Crippen molar-refractivity contribution in [2.45, 2.75) is 213 Å². The van der Waals surface area contributed by atoms with Gasteiger partial charge in [-0.25, -0.2) is 4.57 Å². The summed E-state index contributed by atoms with van der Waals surface area (Å²) in [7, 11) is -4.64. The summed E-state index contributed by atoms with van der Waals surface area (Å²) in [6.07, 6.45) is 43.6. The predicted molar refractivity (Wildman–Crippen MR) is 186 cm³/mol. The Bertz CT molecular complexity index is 463. The fraction of sp³-hybridized carbons (Fsp3) is 1.00. The highest BCUT2D eigenvalue weighted by atomic mass is 31.2. The van der Waals surface area contributed by atoms with Crippen LogP contribution in [0.15, 0.2) is 0 Å². The number of hydrogen-bond acceptors (Lipinski definition) is 2. The van der Waals surface area contributed by atoms with E-state index in [0.717, 1.165) is 0 Å². The van der Waals surface area contributed by atoms with Gasteiger partial charge in [-0.2, -0.15) is 0 Å². The van der Waals surface area contributed by atoms with Crippen LogP contribution in [-0.4, -0.2) is 39.2 Å². The average Bonchev–Trinajstić information content (AvgIpc) is 2.94. The van der Waals surface area contributed by atoms with Gasteiger partial charge in [0, 0.05) is 0 Å². The van der Waals surface area contributed by atoms with Crippen molar-refractivity contribution in [3.05, 3.63) is 0 Å². The zero-order chi connectivity index (χ0) is 31.4. The molecular weight excluding hydrogens is 541 g/mol. The molecule has 0 amide bonds. The van der Waals surface area contributed by atoms with E-state index in [2.05, 4.69) is 25.7 Å². The van der Waals surface area contributed by atoms with Crippen LogP contribution in [0.3, 0.4) is 0 Å². The van der Waals surface area contributed by atoms with Crippen LogP contribution >= 0.6 is 7.82 Å². The Morgan fingerprint density at radius 2 is 0.476 bits per heavy atom. The molecule has 0 spiro atoms. The van der Waals surface area contributed by atoms with Gasteiger partial charge >= 0.3 is 7.82 Å². The summed E-state index contributed by atoms with van der Waals surface area (Å²) in [6.45, 7) is 11.0. The Morgan fingerprint density at radius 1 is 0.333 bits per heavy atom. The van der Waals surface area contributed by atoms with Crippen LogP contribution in [0.1, 0.15) is 213 Å².